The molecule has 0 unspecified atom stereocenters. The quantitative estimate of drug-likeness (QED) is 0.672. The van der Waals surface area contributed by atoms with Gasteiger partial charge in [0.1, 0.15) is 6.10 Å². The number of aliphatic hydroxyl groups is 1. The molecule has 1 N–H and O–H groups in total. The van der Waals surface area contributed by atoms with E-state index in [-0.39, 0.29) is 12.4 Å². The summed E-state index contributed by atoms with van der Waals surface area (Å²) >= 11 is 0. The Labute approximate surface area is 77.1 Å². The minimum absolute atomic E-state index is 0.159. The van der Waals surface area contributed by atoms with Crippen molar-refractivity contribution in [3.05, 3.63) is 11.1 Å². The normalized spacial score (nSPS) is 29.7. The molecule has 0 aliphatic carbocycles. The Balaban J connectivity index is 2.93. The van der Waals surface area contributed by atoms with Crippen molar-refractivity contribution in [2.45, 2.75) is 26.2 Å². The van der Waals surface area contributed by atoms with E-state index in [4.69, 9.17) is 14.6 Å². The number of ether oxygens (including phenoxy) is 2. The van der Waals surface area contributed by atoms with Crippen LogP contribution in [0.15, 0.2) is 11.1 Å². The first-order chi connectivity index (χ1) is 6.11. The van der Waals surface area contributed by atoms with Gasteiger partial charge in [-0.25, -0.2) is 0 Å². The van der Waals surface area contributed by atoms with E-state index in [0.29, 0.717) is 5.57 Å². The van der Waals surface area contributed by atoms with E-state index < -0.39 is 12.4 Å². The van der Waals surface area contributed by atoms with Crippen molar-refractivity contribution >= 4 is 5.78 Å². The van der Waals surface area contributed by atoms with Gasteiger partial charge >= 0.3 is 0 Å². The molecule has 4 nitrogen and oxygen atoms in total. The molecule has 0 fully saturated rings. The van der Waals surface area contributed by atoms with E-state index in [2.05, 4.69) is 0 Å². The smallest absolute Gasteiger partial charge is 0.189 e. The average molecular weight is 186 g/mol. The van der Waals surface area contributed by atoms with Crippen LogP contribution in [-0.4, -0.2) is 37.0 Å². The first-order valence-corrected chi connectivity index (χ1v) is 4.12. The lowest BCUT2D eigenvalue weighted by molar-refractivity contribution is -0.166. The van der Waals surface area contributed by atoms with E-state index in [1.807, 2.05) is 0 Å². The Kier molecular flexibility index (Phi) is 3.19. The van der Waals surface area contributed by atoms with E-state index >= 15 is 0 Å². The Morgan fingerprint density at radius 2 is 2.15 bits per heavy atom. The number of hydrogen-bond donors (Lipinski definition) is 1. The number of ketones is 1. The molecule has 0 radical (unpaired) electrons. The molecule has 1 heterocycles. The molecule has 0 aromatic rings. The molecule has 0 spiro atoms. The van der Waals surface area contributed by atoms with Gasteiger partial charge in [-0.05, 0) is 25.0 Å². The summed E-state index contributed by atoms with van der Waals surface area (Å²) in [4.78, 5) is 11.4. The van der Waals surface area contributed by atoms with Crippen LogP contribution in [0.1, 0.15) is 13.8 Å². The van der Waals surface area contributed by atoms with Crippen LogP contribution in [0, 0.1) is 0 Å². The van der Waals surface area contributed by atoms with Crippen molar-refractivity contribution in [1.82, 2.24) is 0 Å². The van der Waals surface area contributed by atoms with Crippen molar-refractivity contribution in [2.24, 2.45) is 0 Å². The molecular formula is C9H14O4. The second-order valence-corrected chi connectivity index (χ2v) is 3.05. The molecule has 2 atom stereocenters. The van der Waals surface area contributed by atoms with Crippen molar-refractivity contribution in [3.8, 4) is 0 Å². The van der Waals surface area contributed by atoms with Crippen LogP contribution < -0.4 is 0 Å². The highest BCUT2D eigenvalue weighted by molar-refractivity contribution is 5.99. The topological polar surface area (TPSA) is 55.8 Å². The Morgan fingerprint density at radius 1 is 1.54 bits per heavy atom. The molecule has 0 aromatic carbocycles. The Morgan fingerprint density at radius 3 is 2.62 bits per heavy atom. The summed E-state index contributed by atoms with van der Waals surface area (Å²) in [6, 6.07) is 0. The van der Waals surface area contributed by atoms with Gasteiger partial charge in [0.25, 0.3) is 0 Å². The number of hydrogen-bond acceptors (Lipinski definition) is 4. The monoisotopic (exact) mass is 186 g/mol. The first-order valence-electron chi connectivity index (χ1n) is 4.12. The second-order valence-electron chi connectivity index (χ2n) is 3.05. The van der Waals surface area contributed by atoms with Crippen molar-refractivity contribution in [2.75, 3.05) is 13.7 Å². The van der Waals surface area contributed by atoms with Gasteiger partial charge < -0.3 is 14.6 Å². The molecule has 0 amide bonds. The number of Topliss-reactive ketones (excluding diaryl/α,β-unsaturated/α-hetero) is 1. The summed E-state index contributed by atoms with van der Waals surface area (Å²) in [6.45, 7) is 3.20. The fraction of sp³-hybridized carbons (Fsp3) is 0.667. The van der Waals surface area contributed by atoms with Gasteiger partial charge in [-0.2, -0.15) is 0 Å². The number of methoxy groups -OCH3 is 1. The van der Waals surface area contributed by atoms with E-state index in [1.54, 1.807) is 13.8 Å². The number of rotatable bonds is 2. The minimum Gasteiger partial charge on any atom is -0.393 e. The summed E-state index contributed by atoms with van der Waals surface area (Å²) < 4.78 is 10.2. The summed E-state index contributed by atoms with van der Waals surface area (Å²) in [7, 11) is 1.51. The Hall–Kier alpha value is -0.710. The molecule has 1 rings (SSSR count). The maximum absolute atomic E-state index is 11.4. The molecule has 4 heteroatoms. The summed E-state index contributed by atoms with van der Waals surface area (Å²) in [6.07, 6.45) is -1.27. The van der Waals surface area contributed by atoms with Crippen LogP contribution in [0.3, 0.4) is 0 Å². The molecule has 1 aliphatic heterocycles. The zero-order valence-corrected chi connectivity index (χ0v) is 8.03. The van der Waals surface area contributed by atoms with Gasteiger partial charge in [-0.3, -0.25) is 4.79 Å². The predicted molar refractivity (Wildman–Crippen MR) is 46.1 cm³/mol. The summed E-state index contributed by atoms with van der Waals surface area (Å²) in [5.74, 6) is -0.159. The van der Waals surface area contributed by atoms with Gasteiger partial charge in [0.05, 0.1) is 6.61 Å². The molecule has 0 aromatic heterocycles. The lowest BCUT2D eigenvalue weighted by atomic mass is 10.00. The first kappa shape index (κ1) is 10.4. The summed E-state index contributed by atoms with van der Waals surface area (Å²) in [5, 5.41) is 8.85. The third kappa shape index (κ3) is 1.80. The maximum Gasteiger partial charge on any atom is 0.189 e. The molecule has 0 bridgehead atoms. The maximum atomic E-state index is 11.4. The van der Waals surface area contributed by atoms with Crippen LogP contribution in [-0.2, 0) is 14.3 Å². The molecule has 0 saturated heterocycles. The number of carbonyl (C=O) groups excluding carboxylic acids is 1. The molecule has 0 saturated carbocycles. The van der Waals surface area contributed by atoms with Crippen molar-refractivity contribution in [3.63, 3.8) is 0 Å². The van der Waals surface area contributed by atoms with Gasteiger partial charge in [0.2, 0.25) is 0 Å². The predicted octanol–water partition coefficient (Wildman–Crippen LogP) is 0.255. The standard InChI is InChI=1S/C9H14O4/c1-5-6(2)9(12-3)13-7(4-10)8(5)11/h7,9-10H,4H2,1-3H3/t7-,9+/m1/s1. The fourth-order valence-corrected chi connectivity index (χ4v) is 1.28. The second kappa shape index (κ2) is 4.00. The van der Waals surface area contributed by atoms with Gasteiger partial charge in [0.15, 0.2) is 12.1 Å². The zero-order chi connectivity index (χ0) is 10.0. The van der Waals surface area contributed by atoms with Crippen LogP contribution in [0.5, 0.6) is 0 Å². The minimum atomic E-state index is -0.770. The van der Waals surface area contributed by atoms with Crippen LogP contribution in [0.25, 0.3) is 0 Å². The third-order valence-corrected chi connectivity index (χ3v) is 2.27. The molecule has 1 aliphatic rings. The fourth-order valence-electron chi connectivity index (χ4n) is 1.28. The molecule has 13 heavy (non-hydrogen) atoms. The lowest BCUT2D eigenvalue weighted by Gasteiger charge is -2.28. The number of aliphatic hydroxyl groups excluding tert-OH is 1. The summed E-state index contributed by atoms with van der Waals surface area (Å²) in [5.41, 5.74) is 1.40. The van der Waals surface area contributed by atoms with Crippen LogP contribution >= 0.6 is 0 Å². The van der Waals surface area contributed by atoms with Gasteiger partial charge in [0, 0.05) is 7.11 Å². The SMILES string of the molecule is CO[C@H]1O[C@H](CO)C(=O)C(C)=C1C. The van der Waals surface area contributed by atoms with Crippen molar-refractivity contribution in [1.29, 1.82) is 0 Å². The van der Waals surface area contributed by atoms with E-state index in [0.717, 1.165) is 5.57 Å². The number of carbonyl (C=O) groups is 1. The van der Waals surface area contributed by atoms with Gasteiger partial charge in [-0.1, -0.05) is 0 Å². The average Bonchev–Trinajstić information content (AvgIpc) is 2.15. The molecular weight excluding hydrogens is 172 g/mol. The highest BCUT2D eigenvalue weighted by atomic mass is 16.7. The van der Waals surface area contributed by atoms with Crippen LogP contribution in [0.2, 0.25) is 0 Å². The zero-order valence-electron chi connectivity index (χ0n) is 8.03. The highest BCUT2D eigenvalue weighted by Crippen LogP contribution is 2.22. The highest BCUT2D eigenvalue weighted by Gasteiger charge is 2.31. The lowest BCUT2D eigenvalue weighted by Crippen LogP contribution is -2.39. The van der Waals surface area contributed by atoms with Gasteiger partial charge in [-0.15, -0.1) is 0 Å². The molecule has 74 valence electrons. The third-order valence-electron chi connectivity index (χ3n) is 2.27. The van der Waals surface area contributed by atoms with E-state index in [9.17, 15) is 4.79 Å². The van der Waals surface area contributed by atoms with E-state index in [1.165, 1.54) is 7.11 Å². The Bertz CT molecular complexity index is 244. The largest absolute Gasteiger partial charge is 0.393 e. The van der Waals surface area contributed by atoms with Crippen LogP contribution in [0.4, 0.5) is 0 Å². The van der Waals surface area contributed by atoms with Crippen molar-refractivity contribution < 1.29 is 19.4 Å².